The van der Waals surface area contributed by atoms with Crippen LogP contribution in [0.5, 0.6) is 0 Å². The van der Waals surface area contributed by atoms with Crippen LogP contribution < -0.4 is 0 Å². The Morgan fingerprint density at radius 3 is 1.20 bits per heavy atom. The third-order valence-electron chi connectivity index (χ3n) is 3.76. The van der Waals surface area contributed by atoms with Crippen molar-refractivity contribution in [3.63, 3.8) is 0 Å². The highest BCUT2D eigenvalue weighted by Crippen LogP contribution is 2.29. The topological polar surface area (TPSA) is 40.5 Å². The monoisotopic (exact) mass is 270 g/mol. The van der Waals surface area contributed by atoms with Crippen molar-refractivity contribution in [1.29, 1.82) is 0 Å². The van der Waals surface area contributed by atoms with Crippen LogP contribution in [-0.2, 0) is 12.8 Å². The van der Waals surface area contributed by atoms with Crippen molar-refractivity contribution in [2.45, 2.75) is 38.9 Å². The second kappa shape index (κ2) is 6.69. The van der Waals surface area contributed by atoms with Gasteiger partial charge in [-0.05, 0) is 35.1 Å². The summed E-state index contributed by atoms with van der Waals surface area (Å²) in [7, 11) is 0. The molecule has 0 radical (unpaired) electrons. The molecule has 106 valence electrons. The SMILES string of the molecule is CCc1ccc([C@@H](O)[C@@H](O)c2ccc(CC)cc2)cc1. The van der Waals surface area contributed by atoms with Crippen LogP contribution in [0.1, 0.15) is 48.3 Å². The van der Waals surface area contributed by atoms with Crippen molar-refractivity contribution >= 4 is 0 Å². The zero-order valence-electron chi connectivity index (χ0n) is 12.1. The zero-order valence-corrected chi connectivity index (χ0v) is 12.1. The molecule has 2 nitrogen and oxygen atoms in total. The summed E-state index contributed by atoms with van der Waals surface area (Å²) >= 11 is 0. The van der Waals surface area contributed by atoms with Crippen LogP contribution in [0.15, 0.2) is 48.5 Å². The standard InChI is InChI=1S/C18H22O2/c1-3-13-5-9-15(10-6-13)17(19)18(20)16-11-7-14(4-2)8-12-16/h5-12,17-20H,3-4H2,1-2H3/t17-,18+. The minimum absolute atomic E-state index is 0.745. The largest absolute Gasteiger partial charge is 0.385 e. The molecule has 0 aliphatic rings. The van der Waals surface area contributed by atoms with Gasteiger partial charge in [-0.1, -0.05) is 62.4 Å². The van der Waals surface area contributed by atoms with Gasteiger partial charge in [-0.15, -0.1) is 0 Å². The Morgan fingerprint density at radius 2 is 0.950 bits per heavy atom. The number of hydrogen-bond donors (Lipinski definition) is 2. The van der Waals surface area contributed by atoms with E-state index in [1.165, 1.54) is 11.1 Å². The summed E-state index contributed by atoms with van der Waals surface area (Å²) in [5.74, 6) is 0. The zero-order chi connectivity index (χ0) is 14.5. The van der Waals surface area contributed by atoms with Gasteiger partial charge in [0, 0.05) is 0 Å². The third kappa shape index (κ3) is 3.27. The molecule has 0 fully saturated rings. The summed E-state index contributed by atoms with van der Waals surface area (Å²) in [6.07, 6.45) is 0.149. The number of aryl methyl sites for hydroxylation is 2. The molecule has 0 aromatic heterocycles. The lowest BCUT2D eigenvalue weighted by Crippen LogP contribution is -2.10. The first kappa shape index (κ1) is 14.8. The normalized spacial score (nSPS) is 14.0. The summed E-state index contributed by atoms with van der Waals surface area (Å²) in [5, 5.41) is 20.6. The molecule has 2 aromatic rings. The molecule has 0 heterocycles. The van der Waals surface area contributed by atoms with Gasteiger partial charge in [0.25, 0.3) is 0 Å². The molecule has 0 unspecified atom stereocenters. The van der Waals surface area contributed by atoms with E-state index in [2.05, 4.69) is 13.8 Å². The van der Waals surface area contributed by atoms with E-state index >= 15 is 0 Å². The lowest BCUT2D eigenvalue weighted by Gasteiger charge is -2.19. The Kier molecular flexibility index (Phi) is 4.94. The predicted octanol–water partition coefficient (Wildman–Crippen LogP) is 3.58. The number of hydrogen-bond acceptors (Lipinski definition) is 2. The fourth-order valence-corrected chi connectivity index (χ4v) is 2.27. The fraction of sp³-hybridized carbons (Fsp3) is 0.333. The molecule has 0 amide bonds. The van der Waals surface area contributed by atoms with E-state index in [0.717, 1.165) is 24.0 Å². The van der Waals surface area contributed by atoms with E-state index < -0.39 is 12.2 Å². The van der Waals surface area contributed by atoms with Crippen LogP contribution in [0.4, 0.5) is 0 Å². The molecule has 0 aliphatic carbocycles. The Hall–Kier alpha value is -1.64. The molecule has 0 spiro atoms. The lowest BCUT2D eigenvalue weighted by molar-refractivity contribution is 0.0172. The minimum atomic E-state index is -0.895. The number of aliphatic hydroxyl groups excluding tert-OH is 2. The third-order valence-corrected chi connectivity index (χ3v) is 3.76. The number of benzene rings is 2. The van der Waals surface area contributed by atoms with Gasteiger partial charge in [0.1, 0.15) is 12.2 Å². The average molecular weight is 270 g/mol. The van der Waals surface area contributed by atoms with E-state index in [0.29, 0.717) is 0 Å². The number of rotatable bonds is 5. The summed E-state index contributed by atoms with van der Waals surface area (Å²) in [4.78, 5) is 0. The lowest BCUT2D eigenvalue weighted by atomic mass is 9.96. The fourth-order valence-electron chi connectivity index (χ4n) is 2.27. The van der Waals surface area contributed by atoms with E-state index in [9.17, 15) is 10.2 Å². The smallest absolute Gasteiger partial charge is 0.109 e. The van der Waals surface area contributed by atoms with Crippen molar-refractivity contribution < 1.29 is 10.2 Å². The first-order chi connectivity index (χ1) is 9.65. The summed E-state index contributed by atoms with van der Waals surface area (Å²) in [5.41, 5.74) is 3.94. The van der Waals surface area contributed by atoms with Gasteiger partial charge in [-0.25, -0.2) is 0 Å². The average Bonchev–Trinajstić information content (AvgIpc) is 2.53. The van der Waals surface area contributed by atoms with E-state index in [1.807, 2.05) is 48.5 Å². The number of aliphatic hydroxyl groups is 2. The van der Waals surface area contributed by atoms with Crippen LogP contribution in [0, 0.1) is 0 Å². The molecular weight excluding hydrogens is 248 g/mol. The summed E-state index contributed by atoms with van der Waals surface area (Å²) < 4.78 is 0. The Balaban J connectivity index is 2.15. The van der Waals surface area contributed by atoms with Gasteiger partial charge in [0.05, 0.1) is 0 Å². The molecule has 2 aromatic carbocycles. The Bertz CT molecular complexity index is 477. The summed E-state index contributed by atoms with van der Waals surface area (Å²) in [6, 6.07) is 15.5. The molecule has 0 saturated heterocycles. The maximum absolute atomic E-state index is 10.3. The highest BCUT2D eigenvalue weighted by atomic mass is 16.3. The van der Waals surface area contributed by atoms with Gasteiger partial charge in [-0.2, -0.15) is 0 Å². The quantitative estimate of drug-likeness (QED) is 0.872. The van der Waals surface area contributed by atoms with Gasteiger partial charge < -0.3 is 10.2 Å². The molecule has 0 bridgehead atoms. The van der Waals surface area contributed by atoms with Gasteiger partial charge in [0.2, 0.25) is 0 Å². The second-order valence-electron chi connectivity index (χ2n) is 5.08. The Labute approximate surface area is 120 Å². The van der Waals surface area contributed by atoms with Crippen LogP contribution in [0.3, 0.4) is 0 Å². The molecule has 0 saturated carbocycles. The van der Waals surface area contributed by atoms with Crippen molar-refractivity contribution in [2.75, 3.05) is 0 Å². The van der Waals surface area contributed by atoms with Crippen molar-refractivity contribution in [2.24, 2.45) is 0 Å². The summed E-state index contributed by atoms with van der Waals surface area (Å²) in [6.45, 7) is 4.19. The van der Waals surface area contributed by atoms with Crippen LogP contribution in [0.25, 0.3) is 0 Å². The van der Waals surface area contributed by atoms with Gasteiger partial charge in [0.15, 0.2) is 0 Å². The molecule has 2 rings (SSSR count). The molecule has 2 atom stereocenters. The second-order valence-corrected chi connectivity index (χ2v) is 5.08. The van der Waals surface area contributed by atoms with E-state index in [-0.39, 0.29) is 0 Å². The minimum Gasteiger partial charge on any atom is -0.385 e. The van der Waals surface area contributed by atoms with Crippen molar-refractivity contribution in [3.8, 4) is 0 Å². The van der Waals surface area contributed by atoms with Crippen LogP contribution >= 0.6 is 0 Å². The highest BCUT2D eigenvalue weighted by molar-refractivity contribution is 5.29. The molecule has 2 N–H and O–H groups in total. The maximum Gasteiger partial charge on any atom is 0.109 e. The predicted molar refractivity (Wildman–Crippen MR) is 81.6 cm³/mol. The first-order valence-corrected chi connectivity index (χ1v) is 7.19. The Morgan fingerprint density at radius 1 is 0.650 bits per heavy atom. The maximum atomic E-state index is 10.3. The van der Waals surface area contributed by atoms with Crippen molar-refractivity contribution in [1.82, 2.24) is 0 Å². The molecular formula is C18H22O2. The van der Waals surface area contributed by atoms with Gasteiger partial charge >= 0.3 is 0 Å². The first-order valence-electron chi connectivity index (χ1n) is 7.19. The molecule has 20 heavy (non-hydrogen) atoms. The van der Waals surface area contributed by atoms with E-state index in [1.54, 1.807) is 0 Å². The molecule has 2 heteroatoms. The highest BCUT2D eigenvalue weighted by Gasteiger charge is 2.19. The molecule has 0 aliphatic heterocycles. The van der Waals surface area contributed by atoms with Crippen LogP contribution in [-0.4, -0.2) is 10.2 Å². The van der Waals surface area contributed by atoms with Crippen LogP contribution in [0.2, 0.25) is 0 Å². The van der Waals surface area contributed by atoms with Crippen molar-refractivity contribution in [3.05, 3.63) is 70.8 Å². The van der Waals surface area contributed by atoms with E-state index in [4.69, 9.17) is 0 Å². The van der Waals surface area contributed by atoms with Gasteiger partial charge in [-0.3, -0.25) is 0 Å².